The molecule has 0 saturated carbocycles. The Kier molecular flexibility index (Phi) is 8.34. The van der Waals surface area contributed by atoms with Gasteiger partial charge < -0.3 is 5.32 Å². The molecule has 1 amide bonds. The number of carbonyl (C=O) groups is 1. The Labute approximate surface area is 76.7 Å². The number of hydrogen-bond acceptors (Lipinski definition) is 1. The first-order chi connectivity index (χ1) is 5.42. The van der Waals surface area contributed by atoms with Crippen molar-refractivity contribution >= 4 is 5.91 Å². The molecule has 0 aromatic rings. The molecule has 0 aromatic carbocycles. The molecule has 0 heterocycles. The van der Waals surface area contributed by atoms with E-state index in [1.165, 1.54) is 0 Å². The van der Waals surface area contributed by atoms with E-state index in [2.05, 4.69) is 26.1 Å². The van der Waals surface area contributed by atoms with Gasteiger partial charge in [-0.25, -0.2) is 0 Å². The van der Waals surface area contributed by atoms with E-state index >= 15 is 0 Å². The molecule has 0 fully saturated rings. The first-order valence-corrected chi connectivity index (χ1v) is 4.66. The quantitative estimate of drug-likeness (QED) is 0.683. The van der Waals surface area contributed by atoms with Crippen LogP contribution in [0.25, 0.3) is 0 Å². The Morgan fingerprint density at radius 1 is 1.25 bits per heavy atom. The highest BCUT2D eigenvalue weighted by molar-refractivity contribution is 5.72. The van der Waals surface area contributed by atoms with Gasteiger partial charge in [-0.2, -0.15) is 0 Å². The van der Waals surface area contributed by atoms with Gasteiger partial charge in [0.15, 0.2) is 0 Å². The van der Waals surface area contributed by atoms with Crippen LogP contribution in [-0.2, 0) is 4.79 Å². The molecule has 0 spiro atoms. The molecule has 0 bridgehead atoms. The third kappa shape index (κ3) is 16.2. The van der Waals surface area contributed by atoms with Crippen LogP contribution >= 0.6 is 0 Å². The lowest BCUT2D eigenvalue weighted by Gasteiger charge is -2.17. The Morgan fingerprint density at radius 2 is 1.67 bits per heavy atom. The molecule has 0 aliphatic rings. The number of hydrogen-bond donors (Lipinski definition) is 1. The summed E-state index contributed by atoms with van der Waals surface area (Å²) < 4.78 is 0. The summed E-state index contributed by atoms with van der Waals surface area (Å²) >= 11 is 0. The molecule has 12 heavy (non-hydrogen) atoms. The van der Waals surface area contributed by atoms with Crippen molar-refractivity contribution in [3.63, 3.8) is 0 Å². The Balaban J connectivity index is 0. The molecule has 0 rings (SSSR count). The molecule has 1 N–H and O–H groups in total. The third-order valence-corrected chi connectivity index (χ3v) is 1.25. The number of carbonyl (C=O) groups excluding carboxylic acids is 1. The van der Waals surface area contributed by atoms with Crippen LogP contribution in [0.4, 0.5) is 0 Å². The molecule has 0 aliphatic heterocycles. The molecule has 0 aromatic heterocycles. The molecular formula is C10H23NO. The smallest absolute Gasteiger partial charge is 0.216 e. The first-order valence-electron chi connectivity index (χ1n) is 4.66. The van der Waals surface area contributed by atoms with Crippen molar-refractivity contribution in [1.82, 2.24) is 5.32 Å². The summed E-state index contributed by atoms with van der Waals surface area (Å²) in [5.41, 5.74) is 0.322. The molecule has 2 nitrogen and oxygen atoms in total. The van der Waals surface area contributed by atoms with Crippen molar-refractivity contribution in [2.75, 3.05) is 6.54 Å². The van der Waals surface area contributed by atoms with E-state index in [4.69, 9.17) is 0 Å². The maximum atomic E-state index is 10.4. The van der Waals surface area contributed by atoms with Crippen LogP contribution in [0.3, 0.4) is 0 Å². The maximum Gasteiger partial charge on any atom is 0.216 e. The van der Waals surface area contributed by atoms with E-state index < -0.39 is 0 Å². The minimum atomic E-state index is 0.0595. The van der Waals surface area contributed by atoms with Crippen LogP contribution in [0, 0.1) is 5.41 Å². The Hall–Kier alpha value is -0.530. The molecular weight excluding hydrogens is 150 g/mol. The summed E-state index contributed by atoms with van der Waals surface area (Å²) in [5.74, 6) is 0.0595. The van der Waals surface area contributed by atoms with Gasteiger partial charge in [0.25, 0.3) is 0 Å². The summed E-state index contributed by atoms with van der Waals surface area (Å²) in [5, 5.41) is 2.76. The highest BCUT2D eigenvalue weighted by Gasteiger charge is 2.08. The zero-order valence-corrected chi connectivity index (χ0v) is 9.32. The fourth-order valence-corrected chi connectivity index (χ4v) is 0.614. The molecule has 0 radical (unpaired) electrons. The van der Waals surface area contributed by atoms with E-state index in [0.29, 0.717) is 5.41 Å². The van der Waals surface area contributed by atoms with Gasteiger partial charge in [0.2, 0.25) is 5.91 Å². The number of rotatable bonds is 2. The predicted octanol–water partition coefficient (Wildman–Crippen LogP) is 2.58. The molecule has 74 valence electrons. The normalized spacial score (nSPS) is 9.83. The largest absolute Gasteiger partial charge is 0.356 e. The van der Waals surface area contributed by atoms with E-state index in [9.17, 15) is 4.79 Å². The van der Waals surface area contributed by atoms with Crippen molar-refractivity contribution in [1.29, 1.82) is 0 Å². The monoisotopic (exact) mass is 173 g/mol. The zero-order valence-electron chi connectivity index (χ0n) is 9.32. The fraction of sp³-hybridized carbons (Fsp3) is 0.900. The number of amides is 1. The summed E-state index contributed by atoms with van der Waals surface area (Å²) in [6, 6.07) is 0. The Bertz CT molecular complexity index is 113. The topological polar surface area (TPSA) is 29.1 Å². The van der Waals surface area contributed by atoms with Gasteiger partial charge in [-0.1, -0.05) is 34.6 Å². The molecule has 0 unspecified atom stereocenters. The lowest BCUT2D eigenvalue weighted by Crippen LogP contribution is -2.24. The van der Waals surface area contributed by atoms with Crippen LogP contribution in [0.5, 0.6) is 0 Å². The second-order valence-electron chi connectivity index (χ2n) is 3.79. The minimum Gasteiger partial charge on any atom is -0.356 e. The van der Waals surface area contributed by atoms with Gasteiger partial charge in [0, 0.05) is 13.5 Å². The van der Waals surface area contributed by atoms with Gasteiger partial charge in [-0.3, -0.25) is 4.79 Å². The first kappa shape index (κ1) is 14.0. The van der Waals surface area contributed by atoms with Gasteiger partial charge in [-0.05, 0) is 11.8 Å². The molecule has 2 heteroatoms. The van der Waals surface area contributed by atoms with Gasteiger partial charge in [0.05, 0.1) is 0 Å². The van der Waals surface area contributed by atoms with Crippen molar-refractivity contribution in [2.24, 2.45) is 5.41 Å². The molecule has 0 saturated heterocycles. The SMILES string of the molecule is CC.CC(=O)NCCC(C)(C)C. The lowest BCUT2D eigenvalue weighted by atomic mass is 9.92. The van der Waals surface area contributed by atoms with E-state index in [1.54, 1.807) is 6.92 Å². The van der Waals surface area contributed by atoms with E-state index in [0.717, 1.165) is 13.0 Å². The minimum absolute atomic E-state index is 0.0595. The van der Waals surface area contributed by atoms with Gasteiger partial charge in [0.1, 0.15) is 0 Å². The highest BCUT2D eigenvalue weighted by Crippen LogP contribution is 2.16. The highest BCUT2D eigenvalue weighted by atomic mass is 16.1. The fourth-order valence-electron chi connectivity index (χ4n) is 0.614. The summed E-state index contributed by atoms with van der Waals surface area (Å²) in [6.07, 6.45) is 1.03. The van der Waals surface area contributed by atoms with Crippen molar-refractivity contribution in [2.45, 2.75) is 48.0 Å². The van der Waals surface area contributed by atoms with Gasteiger partial charge >= 0.3 is 0 Å². The molecule has 0 atom stereocenters. The van der Waals surface area contributed by atoms with Crippen LogP contribution in [-0.4, -0.2) is 12.5 Å². The van der Waals surface area contributed by atoms with Crippen LogP contribution in [0.2, 0.25) is 0 Å². The maximum absolute atomic E-state index is 10.4. The summed E-state index contributed by atoms with van der Waals surface area (Å²) in [4.78, 5) is 10.4. The predicted molar refractivity (Wildman–Crippen MR) is 54.1 cm³/mol. The third-order valence-electron chi connectivity index (χ3n) is 1.25. The summed E-state index contributed by atoms with van der Waals surface area (Å²) in [6.45, 7) is 12.8. The van der Waals surface area contributed by atoms with E-state index in [-0.39, 0.29) is 5.91 Å². The lowest BCUT2D eigenvalue weighted by molar-refractivity contribution is -0.119. The Morgan fingerprint density at radius 3 is 1.92 bits per heavy atom. The van der Waals surface area contributed by atoms with Crippen LogP contribution < -0.4 is 5.32 Å². The second kappa shape index (κ2) is 7.14. The summed E-state index contributed by atoms with van der Waals surface area (Å²) in [7, 11) is 0. The zero-order chi connectivity index (χ0) is 10.2. The van der Waals surface area contributed by atoms with Crippen molar-refractivity contribution in [3.05, 3.63) is 0 Å². The van der Waals surface area contributed by atoms with E-state index in [1.807, 2.05) is 13.8 Å². The average molecular weight is 173 g/mol. The standard InChI is InChI=1S/C8H17NO.C2H6/c1-7(10)9-6-5-8(2,3)4;1-2/h5-6H2,1-4H3,(H,9,10);1-2H3. The van der Waals surface area contributed by atoms with Crippen molar-refractivity contribution in [3.8, 4) is 0 Å². The van der Waals surface area contributed by atoms with Gasteiger partial charge in [-0.15, -0.1) is 0 Å². The number of nitrogens with one attached hydrogen (secondary N) is 1. The van der Waals surface area contributed by atoms with Crippen LogP contribution in [0.1, 0.15) is 48.0 Å². The van der Waals surface area contributed by atoms with Crippen molar-refractivity contribution < 1.29 is 4.79 Å². The van der Waals surface area contributed by atoms with Crippen LogP contribution in [0.15, 0.2) is 0 Å². The second-order valence-corrected chi connectivity index (χ2v) is 3.79. The molecule has 0 aliphatic carbocycles. The average Bonchev–Trinajstić information content (AvgIpc) is 1.88.